The Balaban J connectivity index is 3.47. The summed E-state index contributed by atoms with van der Waals surface area (Å²) in [5.74, 6) is 7.24. The maximum atomic E-state index is 11.6. The Morgan fingerprint density at radius 3 is 2.34 bits per heavy atom. The highest BCUT2D eigenvalue weighted by atomic mass is 33.1. The maximum absolute atomic E-state index is 11.6. The molecule has 0 bridgehead atoms. The Morgan fingerprint density at radius 2 is 1.69 bits per heavy atom. The van der Waals surface area contributed by atoms with Crippen LogP contribution in [0, 0.1) is 17.8 Å². The largest absolute Gasteiger partial charge is 0.379 e. The summed E-state index contributed by atoms with van der Waals surface area (Å²) < 4.78 is 16.8. The summed E-state index contributed by atoms with van der Waals surface area (Å²) in [6.07, 6.45) is 0.336. The fourth-order valence-electron chi connectivity index (χ4n) is 1.92. The molecule has 0 aromatic heterocycles. The molecule has 0 spiro atoms. The van der Waals surface area contributed by atoms with Crippen molar-refractivity contribution >= 4 is 27.5 Å². The molecule has 0 radical (unpaired) electrons. The Labute approximate surface area is 185 Å². The maximum Gasteiger partial charge on any atom is 0.223 e. The molecule has 0 unspecified atom stereocenters. The van der Waals surface area contributed by atoms with Gasteiger partial charge in [-0.3, -0.25) is 4.79 Å². The lowest BCUT2D eigenvalue weighted by molar-refractivity contribution is -0.122. The highest BCUT2D eigenvalue weighted by Crippen LogP contribution is 2.36. The molecule has 170 valence electrons. The Morgan fingerprint density at radius 1 is 1.03 bits per heavy atom. The van der Waals surface area contributed by atoms with Gasteiger partial charge >= 0.3 is 0 Å². The van der Waals surface area contributed by atoms with Crippen molar-refractivity contribution in [2.45, 2.75) is 58.9 Å². The van der Waals surface area contributed by atoms with Gasteiger partial charge in [0.1, 0.15) is 4.93 Å². The molecule has 29 heavy (non-hydrogen) atoms. The SMILES string of the molecule is CC(C)C#CCNC(=O)CCOCCOCCOC(C)(C)SSCCNC(C)C. The van der Waals surface area contributed by atoms with E-state index in [1.807, 2.05) is 24.6 Å². The molecule has 0 aliphatic rings. The predicted molar refractivity (Wildman–Crippen MR) is 125 cm³/mol. The molecule has 0 aliphatic heterocycles. The minimum absolute atomic E-state index is 0.0463. The summed E-state index contributed by atoms with van der Waals surface area (Å²) in [5, 5.41) is 6.15. The summed E-state index contributed by atoms with van der Waals surface area (Å²) in [7, 11) is 3.56. The molecule has 0 rings (SSSR count). The van der Waals surface area contributed by atoms with Crippen molar-refractivity contribution in [1.82, 2.24) is 10.6 Å². The standard InChI is InChI=1S/C21H40N2O4S2/c1-18(2)8-7-10-23-20(24)9-12-25-13-14-26-15-16-27-21(5,6)29-28-17-11-22-19(3)4/h18-19,22H,9-17H2,1-6H3,(H,23,24). The van der Waals surface area contributed by atoms with Crippen LogP contribution in [0.1, 0.15) is 48.0 Å². The van der Waals surface area contributed by atoms with Crippen LogP contribution in [0.25, 0.3) is 0 Å². The van der Waals surface area contributed by atoms with E-state index in [0.29, 0.717) is 58.0 Å². The first kappa shape index (κ1) is 28.6. The zero-order valence-corrected chi connectivity index (χ0v) is 20.6. The second-order valence-corrected chi connectivity index (χ2v) is 10.5. The first-order valence-corrected chi connectivity index (χ1v) is 12.6. The van der Waals surface area contributed by atoms with Crippen LogP contribution >= 0.6 is 21.6 Å². The number of carbonyl (C=O) groups excluding carboxylic acids is 1. The summed E-state index contributed by atoms with van der Waals surface area (Å²) >= 11 is 0. The van der Waals surface area contributed by atoms with Gasteiger partial charge in [0.2, 0.25) is 5.91 Å². The molecule has 0 saturated carbocycles. The summed E-state index contributed by atoms with van der Waals surface area (Å²) in [4.78, 5) is 11.3. The van der Waals surface area contributed by atoms with E-state index in [4.69, 9.17) is 14.2 Å². The topological polar surface area (TPSA) is 68.8 Å². The molecule has 0 fully saturated rings. The third kappa shape index (κ3) is 22.1. The van der Waals surface area contributed by atoms with E-state index >= 15 is 0 Å². The molecular formula is C21H40N2O4S2. The van der Waals surface area contributed by atoms with E-state index < -0.39 is 0 Å². The van der Waals surface area contributed by atoms with E-state index in [2.05, 4.69) is 50.2 Å². The second-order valence-electron chi connectivity index (χ2n) is 7.49. The van der Waals surface area contributed by atoms with Gasteiger partial charge < -0.3 is 24.8 Å². The minimum atomic E-state index is -0.241. The Hall–Kier alpha value is -0.430. The van der Waals surface area contributed by atoms with Gasteiger partial charge in [-0.2, -0.15) is 0 Å². The molecule has 0 atom stereocenters. The van der Waals surface area contributed by atoms with Gasteiger partial charge in [0.05, 0.1) is 39.6 Å². The van der Waals surface area contributed by atoms with Crippen LogP contribution in [-0.4, -0.2) is 68.8 Å². The van der Waals surface area contributed by atoms with E-state index in [-0.39, 0.29) is 10.8 Å². The smallest absolute Gasteiger partial charge is 0.223 e. The lowest BCUT2D eigenvalue weighted by Crippen LogP contribution is -2.25. The monoisotopic (exact) mass is 448 g/mol. The van der Waals surface area contributed by atoms with Crippen molar-refractivity contribution in [3.8, 4) is 11.8 Å². The summed E-state index contributed by atoms with van der Waals surface area (Å²) in [5.41, 5.74) is 0. The molecular weight excluding hydrogens is 408 g/mol. The fraction of sp³-hybridized carbons (Fsp3) is 0.857. The Bertz CT molecular complexity index is 477. The van der Waals surface area contributed by atoms with E-state index in [9.17, 15) is 4.79 Å². The van der Waals surface area contributed by atoms with Crippen LogP contribution in [0.4, 0.5) is 0 Å². The van der Waals surface area contributed by atoms with Crippen molar-refractivity contribution in [2.75, 3.05) is 51.9 Å². The molecule has 6 nitrogen and oxygen atoms in total. The average Bonchev–Trinajstić information content (AvgIpc) is 2.63. The van der Waals surface area contributed by atoms with Gasteiger partial charge in [-0.15, -0.1) is 0 Å². The number of carbonyl (C=O) groups is 1. The number of nitrogens with one attached hydrogen (secondary N) is 2. The molecule has 0 saturated heterocycles. The highest BCUT2D eigenvalue weighted by molar-refractivity contribution is 8.77. The van der Waals surface area contributed by atoms with Gasteiger partial charge in [0.25, 0.3) is 0 Å². The third-order valence-electron chi connectivity index (χ3n) is 3.29. The van der Waals surface area contributed by atoms with Crippen LogP contribution in [-0.2, 0) is 19.0 Å². The first-order valence-electron chi connectivity index (χ1n) is 10.3. The van der Waals surface area contributed by atoms with Crippen LogP contribution in [0.3, 0.4) is 0 Å². The zero-order chi connectivity index (χ0) is 22.0. The average molecular weight is 449 g/mol. The summed E-state index contributed by atoms with van der Waals surface area (Å²) in [6, 6.07) is 0.526. The molecule has 0 aromatic rings. The van der Waals surface area contributed by atoms with E-state index in [0.717, 1.165) is 12.3 Å². The van der Waals surface area contributed by atoms with Gasteiger partial charge in [-0.05, 0) is 13.8 Å². The highest BCUT2D eigenvalue weighted by Gasteiger charge is 2.19. The van der Waals surface area contributed by atoms with Crippen LogP contribution in [0.15, 0.2) is 0 Å². The number of hydrogen-bond acceptors (Lipinski definition) is 7. The van der Waals surface area contributed by atoms with Crippen LogP contribution in [0.5, 0.6) is 0 Å². The summed E-state index contributed by atoms with van der Waals surface area (Å²) in [6.45, 7) is 16.3. The molecule has 2 N–H and O–H groups in total. The molecule has 8 heteroatoms. The Kier molecular flexibility index (Phi) is 18.1. The van der Waals surface area contributed by atoms with Crippen molar-refractivity contribution in [1.29, 1.82) is 0 Å². The van der Waals surface area contributed by atoms with Gasteiger partial charge in [0, 0.05) is 30.7 Å². The van der Waals surface area contributed by atoms with Crippen LogP contribution < -0.4 is 10.6 Å². The zero-order valence-electron chi connectivity index (χ0n) is 19.0. The number of rotatable bonds is 17. The quantitative estimate of drug-likeness (QED) is 0.153. The van der Waals surface area contributed by atoms with Gasteiger partial charge in [0.15, 0.2) is 0 Å². The van der Waals surface area contributed by atoms with E-state index in [1.165, 1.54) is 0 Å². The third-order valence-corrected chi connectivity index (χ3v) is 6.35. The lowest BCUT2D eigenvalue weighted by atomic mass is 10.2. The molecule has 0 heterocycles. The fourth-order valence-corrected chi connectivity index (χ4v) is 4.11. The molecule has 0 aromatic carbocycles. The lowest BCUT2D eigenvalue weighted by Gasteiger charge is -2.24. The van der Waals surface area contributed by atoms with Crippen molar-refractivity contribution in [3.63, 3.8) is 0 Å². The molecule has 1 amide bonds. The number of ether oxygens (including phenoxy) is 3. The number of amides is 1. The second kappa shape index (κ2) is 18.3. The predicted octanol–water partition coefficient (Wildman–Crippen LogP) is 3.32. The van der Waals surface area contributed by atoms with Crippen molar-refractivity contribution in [2.24, 2.45) is 5.92 Å². The first-order chi connectivity index (χ1) is 13.7. The van der Waals surface area contributed by atoms with Crippen LogP contribution in [0.2, 0.25) is 0 Å². The number of hydrogen-bond donors (Lipinski definition) is 2. The van der Waals surface area contributed by atoms with Gasteiger partial charge in [-0.1, -0.05) is 61.1 Å². The van der Waals surface area contributed by atoms with Crippen molar-refractivity contribution < 1.29 is 19.0 Å². The van der Waals surface area contributed by atoms with Crippen molar-refractivity contribution in [3.05, 3.63) is 0 Å². The normalized spacial score (nSPS) is 11.6. The van der Waals surface area contributed by atoms with E-state index in [1.54, 1.807) is 10.8 Å². The minimum Gasteiger partial charge on any atom is -0.379 e. The van der Waals surface area contributed by atoms with Gasteiger partial charge in [-0.25, -0.2) is 0 Å². The molecule has 0 aliphatic carbocycles.